The number of carbonyl (C=O) groups is 1. The number of thiazole rings is 1. The van der Waals surface area contributed by atoms with E-state index in [1.165, 1.54) is 23.2 Å². The van der Waals surface area contributed by atoms with Gasteiger partial charge in [0.25, 0.3) is 0 Å². The highest BCUT2D eigenvalue weighted by Gasteiger charge is 2.23. The van der Waals surface area contributed by atoms with Crippen LogP contribution in [0.4, 0.5) is 0 Å². The van der Waals surface area contributed by atoms with Gasteiger partial charge >= 0.3 is 5.97 Å². The number of hydrogen-bond donors (Lipinski definition) is 0. The van der Waals surface area contributed by atoms with E-state index in [0.717, 1.165) is 11.3 Å². The first-order chi connectivity index (χ1) is 9.13. The quantitative estimate of drug-likeness (QED) is 0.813. The lowest BCUT2D eigenvalue weighted by molar-refractivity contribution is -0.156. The van der Waals surface area contributed by atoms with Crippen molar-refractivity contribution in [2.75, 3.05) is 7.11 Å². The zero-order valence-corrected chi connectivity index (χ0v) is 12.2. The molecular weight excluding hydrogens is 282 g/mol. The van der Waals surface area contributed by atoms with E-state index in [9.17, 15) is 4.79 Å². The molecule has 1 atom stereocenters. The molecule has 0 saturated heterocycles. The van der Waals surface area contributed by atoms with Crippen LogP contribution in [0.2, 0.25) is 0 Å². The zero-order valence-electron chi connectivity index (χ0n) is 10.5. The Balaban J connectivity index is 2.21. The van der Waals surface area contributed by atoms with E-state index < -0.39 is 12.1 Å². The Labute approximate surface area is 120 Å². The molecule has 0 bridgehead atoms. The lowest BCUT2D eigenvalue weighted by atomic mass is 10.1. The maximum atomic E-state index is 12.1. The van der Waals surface area contributed by atoms with Gasteiger partial charge in [0.2, 0.25) is 0 Å². The van der Waals surface area contributed by atoms with E-state index in [1.807, 2.05) is 42.6 Å². The van der Waals surface area contributed by atoms with Crippen molar-refractivity contribution in [3.8, 4) is 0 Å². The molecule has 0 saturated carbocycles. The van der Waals surface area contributed by atoms with Crippen molar-refractivity contribution in [2.45, 2.75) is 13.0 Å². The molecule has 2 rings (SSSR count). The fourth-order valence-electron chi connectivity index (χ4n) is 1.62. The van der Waals surface area contributed by atoms with Gasteiger partial charge in [0.15, 0.2) is 10.1 Å². The van der Waals surface area contributed by atoms with Crippen LogP contribution in [-0.2, 0) is 9.53 Å². The maximum absolute atomic E-state index is 12.1. The molecular formula is C13H13NO3S2. The Morgan fingerprint density at radius 1 is 1.37 bits per heavy atom. The van der Waals surface area contributed by atoms with Crippen molar-refractivity contribution < 1.29 is 14.4 Å². The number of methoxy groups -OCH3 is 1. The third kappa shape index (κ3) is 3.09. The van der Waals surface area contributed by atoms with Crippen molar-refractivity contribution in [1.82, 2.24) is 4.73 Å². The van der Waals surface area contributed by atoms with Gasteiger partial charge in [-0.25, -0.2) is 4.79 Å². The van der Waals surface area contributed by atoms with Crippen LogP contribution in [-0.4, -0.2) is 17.8 Å². The van der Waals surface area contributed by atoms with Gasteiger partial charge in [0.05, 0.1) is 5.69 Å². The molecule has 0 aliphatic carbocycles. The molecule has 1 aromatic carbocycles. The van der Waals surface area contributed by atoms with Crippen LogP contribution in [0.5, 0.6) is 0 Å². The first kappa shape index (κ1) is 13.9. The summed E-state index contributed by atoms with van der Waals surface area (Å²) >= 11 is 6.44. The summed E-state index contributed by atoms with van der Waals surface area (Å²) in [4.78, 5) is 17.4. The highest BCUT2D eigenvalue weighted by Crippen LogP contribution is 2.18. The Morgan fingerprint density at radius 3 is 2.58 bits per heavy atom. The lowest BCUT2D eigenvalue weighted by Crippen LogP contribution is -2.27. The van der Waals surface area contributed by atoms with Crippen LogP contribution in [0.1, 0.15) is 17.4 Å². The predicted molar refractivity (Wildman–Crippen MR) is 75.7 cm³/mol. The first-order valence-corrected chi connectivity index (χ1v) is 6.89. The second-order valence-electron chi connectivity index (χ2n) is 3.87. The third-order valence-corrected chi connectivity index (χ3v) is 3.83. The molecule has 0 N–H and O–H groups in total. The monoisotopic (exact) mass is 295 g/mol. The van der Waals surface area contributed by atoms with Crippen molar-refractivity contribution >= 4 is 29.5 Å². The molecule has 100 valence electrons. The molecule has 0 fully saturated rings. The second-order valence-corrected chi connectivity index (χ2v) is 5.38. The number of hydrogen-bond acceptors (Lipinski definition) is 5. The van der Waals surface area contributed by atoms with Crippen molar-refractivity contribution in [3.05, 3.63) is 50.9 Å². The van der Waals surface area contributed by atoms with Crippen LogP contribution < -0.4 is 4.84 Å². The van der Waals surface area contributed by atoms with Crippen molar-refractivity contribution in [1.29, 1.82) is 0 Å². The average Bonchev–Trinajstić information content (AvgIpc) is 2.73. The molecule has 0 unspecified atom stereocenters. The standard InChI is InChI=1S/C13H13NO3S2/c1-9-8-19-13(18)14(9)17-12(15)11(16-2)10-6-4-3-5-7-10/h3-8,11H,1-2H3/t11-/m1/s1. The molecule has 1 aromatic heterocycles. The number of carbonyl (C=O) groups excluding carboxylic acids is 1. The molecule has 0 amide bonds. The zero-order chi connectivity index (χ0) is 13.8. The number of ether oxygens (including phenoxy) is 1. The minimum atomic E-state index is -0.762. The van der Waals surface area contributed by atoms with E-state index in [4.69, 9.17) is 21.8 Å². The molecule has 2 aromatic rings. The van der Waals surface area contributed by atoms with E-state index in [2.05, 4.69) is 0 Å². The van der Waals surface area contributed by atoms with Gasteiger partial charge in [-0.15, -0.1) is 11.3 Å². The van der Waals surface area contributed by atoms with Crippen LogP contribution in [0.15, 0.2) is 35.7 Å². The number of aryl methyl sites for hydroxylation is 1. The summed E-state index contributed by atoms with van der Waals surface area (Å²) < 4.78 is 7.05. The second kappa shape index (κ2) is 6.10. The number of rotatable bonds is 4. The predicted octanol–water partition coefficient (Wildman–Crippen LogP) is 2.93. The molecule has 0 spiro atoms. The summed E-state index contributed by atoms with van der Waals surface area (Å²) in [5.74, 6) is -0.494. The Hall–Kier alpha value is -1.50. The lowest BCUT2D eigenvalue weighted by Gasteiger charge is -2.15. The Kier molecular flexibility index (Phi) is 4.47. The third-order valence-electron chi connectivity index (χ3n) is 2.55. The largest absolute Gasteiger partial charge is 0.365 e. The maximum Gasteiger partial charge on any atom is 0.365 e. The normalized spacial score (nSPS) is 12.1. The van der Waals surface area contributed by atoms with Gasteiger partial charge in [-0.2, -0.15) is 4.73 Å². The van der Waals surface area contributed by atoms with Gasteiger partial charge in [-0.3, -0.25) is 0 Å². The molecule has 1 heterocycles. The Bertz CT molecular complexity index is 618. The number of aromatic nitrogens is 1. The molecule has 0 radical (unpaired) electrons. The minimum Gasteiger partial charge on any atom is -0.365 e. The fourth-order valence-corrected chi connectivity index (χ4v) is 2.59. The highest BCUT2D eigenvalue weighted by atomic mass is 32.1. The Morgan fingerprint density at radius 2 is 2.05 bits per heavy atom. The topological polar surface area (TPSA) is 40.5 Å². The minimum absolute atomic E-state index is 0.494. The average molecular weight is 295 g/mol. The SMILES string of the molecule is CO[C@@H](C(=O)On1c(C)csc1=S)c1ccccc1. The summed E-state index contributed by atoms with van der Waals surface area (Å²) in [7, 11) is 1.47. The van der Waals surface area contributed by atoms with Crippen LogP contribution in [0, 0.1) is 10.9 Å². The van der Waals surface area contributed by atoms with Gasteiger partial charge in [-0.05, 0) is 24.7 Å². The molecule has 0 aliphatic heterocycles. The van der Waals surface area contributed by atoms with Crippen LogP contribution in [0.25, 0.3) is 0 Å². The fraction of sp³-hybridized carbons (Fsp3) is 0.231. The van der Waals surface area contributed by atoms with Crippen molar-refractivity contribution in [3.63, 3.8) is 0 Å². The summed E-state index contributed by atoms with van der Waals surface area (Å²) in [6.07, 6.45) is -0.762. The number of benzene rings is 1. The number of nitrogens with zero attached hydrogens (tertiary/aromatic N) is 1. The molecule has 4 nitrogen and oxygen atoms in total. The smallest absolute Gasteiger partial charge is 0.365 e. The summed E-state index contributed by atoms with van der Waals surface area (Å²) in [6, 6.07) is 9.19. The van der Waals surface area contributed by atoms with E-state index in [-0.39, 0.29) is 0 Å². The van der Waals surface area contributed by atoms with Gasteiger partial charge < -0.3 is 9.57 Å². The summed E-state index contributed by atoms with van der Waals surface area (Å²) in [6.45, 7) is 1.82. The van der Waals surface area contributed by atoms with Crippen molar-refractivity contribution in [2.24, 2.45) is 0 Å². The highest BCUT2D eigenvalue weighted by molar-refractivity contribution is 7.73. The van der Waals surface area contributed by atoms with E-state index in [0.29, 0.717) is 3.95 Å². The molecule has 19 heavy (non-hydrogen) atoms. The molecule has 6 heteroatoms. The summed E-state index contributed by atoms with van der Waals surface area (Å²) in [5, 5.41) is 1.83. The van der Waals surface area contributed by atoms with Crippen LogP contribution in [0.3, 0.4) is 0 Å². The van der Waals surface area contributed by atoms with E-state index in [1.54, 1.807) is 0 Å². The summed E-state index contributed by atoms with van der Waals surface area (Å²) in [5.41, 5.74) is 1.53. The van der Waals surface area contributed by atoms with Gasteiger partial charge in [-0.1, -0.05) is 30.3 Å². The van der Waals surface area contributed by atoms with Gasteiger partial charge in [0, 0.05) is 12.5 Å². The first-order valence-electron chi connectivity index (χ1n) is 5.60. The molecule has 0 aliphatic rings. The van der Waals surface area contributed by atoms with E-state index >= 15 is 0 Å². The van der Waals surface area contributed by atoms with Gasteiger partial charge in [0.1, 0.15) is 0 Å². The van der Waals surface area contributed by atoms with Crippen LogP contribution >= 0.6 is 23.6 Å².